The Kier molecular flexibility index (Phi) is 3.48. The van der Waals surface area contributed by atoms with E-state index in [0.29, 0.717) is 17.8 Å². The van der Waals surface area contributed by atoms with Gasteiger partial charge in [-0.15, -0.1) is 0 Å². The van der Waals surface area contributed by atoms with Crippen molar-refractivity contribution in [1.29, 1.82) is 0 Å². The van der Waals surface area contributed by atoms with Crippen LogP contribution in [-0.4, -0.2) is 11.2 Å². The van der Waals surface area contributed by atoms with E-state index in [2.05, 4.69) is 5.32 Å². The number of hydrogen-bond donors (Lipinski definition) is 3. The van der Waals surface area contributed by atoms with Crippen molar-refractivity contribution in [2.45, 2.75) is 24.7 Å². The first-order valence-electron chi connectivity index (χ1n) is 6.85. The van der Waals surface area contributed by atoms with Gasteiger partial charge in [-0.3, -0.25) is 0 Å². The van der Waals surface area contributed by atoms with Crippen LogP contribution in [0.25, 0.3) is 0 Å². The minimum Gasteiger partial charge on any atom is -0.399 e. The number of nitrogens with one attached hydrogen (secondary N) is 1. The molecule has 0 bridgehead atoms. The van der Waals surface area contributed by atoms with Crippen LogP contribution < -0.4 is 11.1 Å². The Hall–Kier alpha value is -2.21. The van der Waals surface area contributed by atoms with Crippen LogP contribution in [0.1, 0.15) is 22.7 Å². The normalized spacial score (nSPS) is 20.7. The molecule has 0 fully saturated rings. The topological polar surface area (TPSA) is 58.3 Å². The summed E-state index contributed by atoms with van der Waals surface area (Å²) in [6.07, 6.45) is -4.67. The zero-order valence-corrected chi connectivity index (χ0v) is 11.6. The Balaban J connectivity index is 1.88. The van der Waals surface area contributed by atoms with E-state index in [1.54, 1.807) is 24.3 Å². The van der Waals surface area contributed by atoms with Gasteiger partial charge in [0, 0.05) is 17.8 Å². The molecule has 0 saturated carbocycles. The molecule has 0 spiro atoms. The van der Waals surface area contributed by atoms with Gasteiger partial charge in [-0.2, -0.15) is 13.2 Å². The molecule has 22 heavy (non-hydrogen) atoms. The molecule has 0 radical (unpaired) electrons. The number of halogens is 3. The van der Waals surface area contributed by atoms with E-state index in [1.165, 1.54) is 6.07 Å². The van der Waals surface area contributed by atoms with Crippen molar-refractivity contribution in [3.8, 4) is 0 Å². The summed E-state index contributed by atoms with van der Waals surface area (Å²) in [5.41, 5.74) is 7.69. The number of nitrogens with two attached hydrogens (primary N) is 1. The quantitative estimate of drug-likeness (QED) is 0.746. The van der Waals surface area contributed by atoms with Gasteiger partial charge in [-0.1, -0.05) is 12.1 Å². The highest BCUT2D eigenvalue weighted by molar-refractivity contribution is 5.54. The fourth-order valence-electron chi connectivity index (χ4n) is 2.80. The third-order valence-corrected chi connectivity index (χ3v) is 3.83. The molecule has 6 heteroatoms. The first-order valence-corrected chi connectivity index (χ1v) is 6.85. The number of nitrogen functional groups attached to an aromatic ring is 1. The van der Waals surface area contributed by atoms with E-state index < -0.39 is 23.9 Å². The minimum atomic E-state index is -4.39. The van der Waals surface area contributed by atoms with Crippen LogP contribution in [0, 0.1) is 0 Å². The van der Waals surface area contributed by atoms with Gasteiger partial charge in [0.25, 0.3) is 0 Å². The summed E-state index contributed by atoms with van der Waals surface area (Å²) in [5, 5.41) is 13.2. The van der Waals surface area contributed by atoms with Crippen LogP contribution >= 0.6 is 0 Å². The number of hydrogen-bond acceptors (Lipinski definition) is 3. The molecule has 1 aliphatic rings. The fraction of sp³-hybridized carbons (Fsp3) is 0.250. The molecule has 0 amide bonds. The molecular weight excluding hydrogens is 293 g/mol. The summed E-state index contributed by atoms with van der Waals surface area (Å²) in [6.45, 7) is 0. The molecule has 0 saturated heterocycles. The summed E-state index contributed by atoms with van der Waals surface area (Å²) in [7, 11) is 0. The van der Waals surface area contributed by atoms with Crippen molar-refractivity contribution in [2.75, 3.05) is 11.1 Å². The van der Waals surface area contributed by atoms with E-state index >= 15 is 0 Å². The number of fused-ring (bicyclic) bond motifs is 1. The molecular formula is C16H15F3N2O. The molecule has 2 aromatic carbocycles. The van der Waals surface area contributed by atoms with Crippen LogP contribution in [0.5, 0.6) is 0 Å². The Labute approximate surface area is 125 Å². The van der Waals surface area contributed by atoms with Crippen LogP contribution in [-0.2, 0) is 12.6 Å². The van der Waals surface area contributed by atoms with Gasteiger partial charge in [0.1, 0.15) is 0 Å². The van der Waals surface area contributed by atoms with Crippen molar-refractivity contribution in [3.63, 3.8) is 0 Å². The smallest absolute Gasteiger partial charge is 0.399 e. The molecule has 2 unspecified atom stereocenters. The highest BCUT2D eigenvalue weighted by Crippen LogP contribution is 2.36. The molecule has 2 aromatic rings. The van der Waals surface area contributed by atoms with Gasteiger partial charge < -0.3 is 16.2 Å². The Bertz CT molecular complexity index is 700. The Morgan fingerprint density at radius 2 is 1.91 bits per heavy atom. The molecule has 0 heterocycles. The fourth-order valence-corrected chi connectivity index (χ4v) is 2.80. The second kappa shape index (κ2) is 5.21. The summed E-state index contributed by atoms with van der Waals surface area (Å²) in [4.78, 5) is 0. The summed E-state index contributed by atoms with van der Waals surface area (Å²) >= 11 is 0. The molecule has 4 N–H and O–H groups in total. The molecule has 3 rings (SSSR count). The number of anilines is 2. The molecule has 0 aromatic heterocycles. The van der Waals surface area contributed by atoms with Crippen LogP contribution in [0.3, 0.4) is 0 Å². The first kappa shape index (κ1) is 14.7. The minimum absolute atomic E-state index is 0.323. The summed E-state index contributed by atoms with van der Waals surface area (Å²) in [5.74, 6) is 0. The highest BCUT2D eigenvalue weighted by Gasteiger charge is 2.33. The zero-order valence-electron chi connectivity index (χ0n) is 11.6. The van der Waals surface area contributed by atoms with Crippen LogP contribution in [0.2, 0.25) is 0 Å². The molecule has 116 valence electrons. The lowest BCUT2D eigenvalue weighted by atomic mass is 10.1. The lowest BCUT2D eigenvalue weighted by molar-refractivity contribution is -0.137. The number of rotatable bonds is 2. The number of aliphatic hydroxyl groups is 1. The Morgan fingerprint density at radius 3 is 2.64 bits per heavy atom. The summed E-state index contributed by atoms with van der Waals surface area (Å²) < 4.78 is 38.3. The van der Waals surface area contributed by atoms with Crippen molar-refractivity contribution in [1.82, 2.24) is 0 Å². The second-order valence-corrected chi connectivity index (χ2v) is 5.43. The van der Waals surface area contributed by atoms with Crippen LogP contribution in [0.15, 0.2) is 42.5 Å². The predicted octanol–water partition coefficient (Wildman–Crippen LogP) is 3.36. The average molecular weight is 308 g/mol. The van der Waals surface area contributed by atoms with E-state index in [0.717, 1.165) is 23.3 Å². The van der Waals surface area contributed by atoms with E-state index in [1.807, 2.05) is 0 Å². The summed E-state index contributed by atoms with van der Waals surface area (Å²) in [6, 6.07) is 9.82. The molecule has 3 nitrogen and oxygen atoms in total. The highest BCUT2D eigenvalue weighted by atomic mass is 19.4. The number of benzene rings is 2. The standard InChI is InChI=1S/C16H15F3N2O/c17-16(18,19)10-2-1-3-12(8-10)21-15-13-5-4-11(20)6-9(13)7-14(15)22/h1-6,8,14-15,21-22H,7,20H2. The Morgan fingerprint density at radius 1 is 1.14 bits per heavy atom. The maximum absolute atomic E-state index is 12.8. The molecule has 1 aliphatic carbocycles. The third kappa shape index (κ3) is 2.74. The largest absolute Gasteiger partial charge is 0.416 e. The van der Waals surface area contributed by atoms with Gasteiger partial charge in [-0.05, 0) is 41.5 Å². The van der Waals surface area contributed by atoms with Gasteiger partial charge in [-0.25, -0.2) is 0 Å². The number of aliphatic hydroxyl groups excluding tert-OH is 1. The van der Waals surface area contributed by atoms with Crippen LogP contribution in [0.4, 0.5) is 24.5 Å². The lowest BCUT2D eigenvalue weighted by Gasteiger charge is -2.20. The van der Waals surface area contributed by atoms with Gasteiger partial charge >= 0.3 is 6.18 Å². The lowest BCUT2D eigenvalue weighted by Crippen LogP contribution is -2.21. The number of alkyl halides is 3. The van der Waals surface area contributed by atoms with Gasteiger partial charge in [0.15, 0.2) is 0 Å². The second-order valence-electron chi connectivity index (χ2n) is 5.43. The average Bonchev–Trinajstić information content (AvgIpc) is 2.74. The maximum Gasteiger partial charge on any atom is 0.416 e. The monoisotopic (exact) mass is 308 g/mol. The zero-order chi connectivity index (χ0) is 15.9. The van der Waals surface area contributed by atoms with Gasteiger partial charge in [0.2, 0.25) is 0 Å². The van der Waals surface area contributed by atoms with Crippen molar-refractivity contribution >= 4 is 11.4 Å². The first-order chi connectivity index (χ1) is 10.3. The molecule has 0 aliphatic heterocycles. The van der Waals surface area contributed by atoms with E-state index in [9.17, 15) is 18.3 Å². The van der Waals surface area contributed by atoms with Gasteiger partial charge in [0.05, 0.1) is 17.7 Å². The van der Waals surface area contributed by atoms with Crippen molar-refractivity contribution < 1.29 is 18.3 Å². The third-order valence-electron chi connectivity index (χ3n) is 3.83. The van der Waals surface area contributed by atoms with E-state index in [-0.39, 0.29) is 0 Å². The maximum atomic E-state index is 12.8. The van der Waals surface area contributed by atoms with Crippen molar-refractivity contribution in [3.05, 3.63) is 59.2 Å². The van der Waals surface area contributed by atoms with E-state index in [4.69, 9.17) is 5.73 Å². The van der Waals surface area contributed by atoms with Crippen molar-refractivity contribution in [2.24, 2.45) is 0 Å². The SMILES string of the molecule is Nc1ccc2c(c1)CC(O)C2Nc1cccc(C(F)(F)F)c1. The predicted molar refractivity (Wildman–Crippen MR) is 78.4 cm³/mol. The molecule has 2 atom stereocenters.